The van der Waals surface area contributed by atoms with Crippen molar-refractivity contribution in [2.75, 3.05) is 0 Å². The van der Waals surface area contributed by atoms with Crippen molar-refractivity contribution in [3.05, 3.63) is 51.8 Å². The molecule has 0 aliphatic heterocycles. The quantitative estimate of drug-likeness (QED) is 0.601. The van der Waals surface area contributed by atoms with Crippen LogP contribution in [-0.2, 0) is 12.8 Å². The summed E-state index contributed by atoms with van der Waals surface area (Å²) in [7, 11) is 0. The van der Waals surface area contributed by atoms with Gasteiger partial charge in [0, 0.05) is 11.8 Å². The predicted molar refractivity (Wildman–Crippen MR) is 66.9 cm³/mol. The lowest BCUT2D eigenvalue weighted by Gasteiger charge is -2.13. The molecule has 0 unspecified atom stereocenters. The monoisotopic (exact) mass is 243 g/mol. The Morgan fingerprint density at radius 2 is 2.00 bits per heavy atom. The molecule has 3 rings (SSSR count). The zero-order valence-electron chi connectivity index (χ0n) is 9.87. The lowest BCUT2D eigenvalue weighted by molar-refractivity contribution is -0.384. The zero-order valence-corrected chi connectivity index (χ0v) is 9.87. The number of aryl methyl sites for hydroxylation is 1. The minimum absolute atomic E-state index is 0.106. The number of hydrogen-bond acceptors (Lipinski definition) is 3. The van der Waals surface area contributed by atoms with Crippen LogP contribution in [0.1, 0.15) is 24.1 Å². The maximum Gasteiger partial charge on any atom is 0.294 e. The van der Waals surface area contributed by atoms with Gasteiger partial charge in [0.15, 0.2) is 0 Å². The van der Waals surface area contributed by atoms with E-state index in [4.69, 9.17) is 0 Å². The number of nitrogens with zero attached hydrogens (tertiary/aromatic N) is 3. The van der Waals surface area contributed by atoms with Crippen molar-refractivity contribution < 1.29 is 4.92 Å². The van der Waals surface area contributed by atoms with E-state index in [0.29, 0.717) is 5.69 Å². The largest absolute Gasteiger partial charge is 0.294 e. The predicted octanol–water partition coefficient (Wildman–Crippen LogP) is 2.66. The summed E-state index contributed by atoms with van der Waals surface area (Å²) in [5.41, 5.74) is 3.01. The summed E-state index contributed by atoms with van der Waals surface area (Å²) >= 11 is 0. The average Bonchev–Trinajstić information content (AvgIpc) is 2.82. The molecule has 1 aliphatic rings. The lowest BCUT2D eigenvalue weighted by atomic mass is 9.98. The second-order valence-electron chi connectivity index (χ2n) is 4.48. The second-order valence-corrected chi connectivity index (χ2v) is 4.48. The Hall–Kier alpha value is -2.17. The second kappa shape index (κ2) is 4.25. The normalized spacial score (nSPS) is 14.2. The SMILES string of the molecule is O=[N+]([O-])c1ccccc1-n1ncc2c1CCCC2. The fourth-order valence-electron chi connectivity index (χ4n) is 2.50. The molecule has 0 fully saturated rings. The molecule has 0 radical (unpaired) electrons. The first-order chi connectivity index (χ1) is 8.77. The lowest BCUT2D eigenvalue weighted by Crippen LogP contribution is -2.09. The van der Waals surface area contributed by atoms with E-state index < -0.39 is 0 Å². The van der Waals surface area contributed by atoms with Gasteiger partial charge in [-0.2, -0.15) is 5.10 Å². The van der Waals surface area contributed by atoms with Crippen molar-refractivity contribution in [1.29, 1.82) is 0 Å². The van der Waals surface area contributed by atoms with Crippen LogP contribution in [0.3, 0.4) is 0 Å². The third kappa shape index (κ3) is 1.68. The van der Waals surface area contributed by atoms with Gasteiger partial charge in [0.2, 0.25) is 0 Å². The number of rotatable bonds is 2. The summed E-state index contributed by atoms with van der Waals surface area (Å²) in [6, 6.07) is 6.75. The minimum atomic E-state index is -0.355. The fraction of sp³-hybridized carbons (Fsp3) is 0.308. The summed E-state index contributed by atoms with van der Waals surface area (Å²) in [5, 5.41) is 15.4. The van der Waals surface area contributed by atoms with Gasteiger partial charge >= 0.3 is 0 Å². The first-order valence-corrected chi connectivity index (χ1v) is 6.07. The summed E-state index contributed by atoms with van der Waals surface area (Å²) in [6.07, 6.45) is 6.11. The molecule has 0 saturated heterocycles. The summed E-state index contributed by atoms with van der Waals surface area (Å²) in [4.78, 5) is 10.7. The van der Waals surface area contributed by atoms with E-state index in [1.165, 1.54) is 18.1 Å². The third-order valence-electron chi connectivity index (χ3n) is 3.37. The number of nitro groups is 1. The van der Waals surface area contributed by atoms with Crippen LogP contribution in [-0.4, -0.2) is 14.7 Å². The van der Waals surface area contributed by atoms with E-state index in [9.17, 15) is 10.1 Å². The van der Waals surface area contributed by atoms with Crippen molar-refractivity contribution in [2.45, 2.75) is 25.7 Å². The number of para-hydroxylation sites is 2. The van der Waals surface area contributed by atoms with Gasteiger partial charge in [-0.15, -0.1) is 0 Å². The minimum Gasteiger partial charge on any atom is -0.258 e. The van der Waals surface area contributed by atoms with Crippen molar-refractivity contribution in [3.8, 4) is 5.69 Å². The average molecular weight is 243 g/mol. The van der Waals surface area contributed by atoms with E-state index in [2.05, 4.69) is 5.10 Å². The highest BCUT2D eigenvalue weighted by Gasteiger charge is 2.21. The Morgan fingerprint density at radius 3 is 2.83 bits per heavy atom. The van der Waals surface area contributed by atoms with Crippen molar-refractivity contribution in [1.82, 2.24) is 9.78 Å². The van der Waals surface area contributed by atoms with Crippen LogP contribution in [0.15, 0.2) is 30.5 Å². The van der Waals surface area contributed by atoms with Gasteiger partial charge in [-0.3, -0.25) is 10.1 Å². The molecule has 1 heterocycles. The number of hydrogen-bond donors (Lipinski definition) is 0. The molecule has 0 saturated carbocycles. The van der Waals surface area contributed by atoms with Crippen molar-refractivity contribution >= 4 is 5.69 Å². The molecule has 1 aromatic heterocycles. The van der Waals surface area contributed by atoms with Gasteiger partial charge in [-0.25, -0.2) is 4.68 Å². The number of benzene rings is 1. The van der Waals surface area contributed by atoms with Crippen LogP contribution in [0.2, 0.25) is 0 Å². The molecule has 92 valence electrons. The van der Waals surface area contributed by atoms with Crippen LogP contribution in [0.25, 0.3) is 5.69 Å². The smallest absolute Gasteiger partial charge is 0.258 e. The Kier molecular flexibility index (Phi) is 2.59. The topological polar surface area (TPSA) is 61.0 Å². The van der Waals surface area contributed by atoms with Crippen LogP contribution in [0.4, 0.5) is 5.69 Å². The van der Waals surface area contributed by atoms with Crippen LogP contribution < -0.4 is 0 Å². The van der Waals surface area contributed by atoms with E-state index >= 15 is 0 Å². The highest BCUT2D eigenvalue weighted by Crippen LogP contribution is 2.27. The molecule has 1 aliphatic carbocycles. The highest BCUT2D eigenvalue weighted by molar-refractivity contribution is 5.53. The number of fused-ring (bicyclic) bond motifs is 1. The first-order valence-electron chi connectivity index (χ1n) is 6.07. The van der Waals surface area contributed by atoms with Gasteiger partial charge in [-0.05, 0) is 37.3 Å². The van der Waals surface area contributed by atoms with Gasteiger partial charge in [0.25, 0.3) is 5.69 Å². The summed E-state index contributed by atoms with van der Waals surface area (Å²) in [6.45, 7) is 0. The van der Waals surface area contributed by atoms with Gasteiger partial charge in [-0.1, -0.05) is 12.1 Å². The molecular formula is C13H13N3O2. The molecule has 0 bridgehead atoms. The highest BCUT2D eigenvalue weighted by atomic mass is 16.6. The third-order valence-corrected chi connectivity index (χ3v) is 3.37. The Bertz CT molecular complexity index is 604. The van der Waals surface area contributed by atoms with Crippen LogP contribution >= 0.6 is 0 Å². The maximum atomic E-state index is 11.0. The molecule has 5 heteroatoms. The maximum absolute atomic E-state index is 11.0. The van der Waals surface area contributed by atoms with E-state index in [1.54, 1.807) is 22.9 Å². The number of aromatic nitrogens is 2. The van der Waals surface area contributed by atoms with Crippen molar-refractivity contribution in [2.24, 2.45) is 0 Å². The molecule has 0 spiro atoms. The Labute approximate surface area is 104 Å². The number of nitro benzene ring substituents is 1. The molecule has 5 nitrogen and oxygen atoms in total. The molecule has 0 atom stereocenters. The summed E-state index contributed by atoms with van der Waals surface area (Å²) in [5.74, 6) is 0. The molecule has 0 N–H and O–H groups in total. The van der Waals surface area contributed by atoms with Gasteiger partial charge in [0.05, 0.1) is 11.1 Å². The van der Waals surface area contributed by atoms with Crippen LogP contribution in [0.5, 0.6) is 0 Å². The first kappa shape index (κ1) is 11.0. The van der Waals surface area contributed by atoms with E-state index in [0.717, 1.165) is 25.0 Å². The van der Waals surface area contributed by atoms with Crippen LogP contribution in [0, 0.1) is 10.1 Å². The van der Waals surface area contributed by atoms with Gasteiger partial charge < -0.3 is 0 Å². The molecule has 1 aromatic carbocycles. The van der Waals surface area contributed by atoms with E-state index in [1.807, 2.05) is 6.20 Å². The molecule has 18 heavy (non-hydrogen) atoms. The zero-order chi connectivity index (χ0) is 12.5. The Morgan fingerprint density at radius 1 is 1.22 bits per heavy atom. The standard InChI is InChI=1S/C13H13N3O2/c17-16(18)13-8-4-3-7-12(13)15-11-6-2-1-5-10(11)9-14-15/h3-4,7-9H,1-2,5-6H2. The molecule has 2 aromatic rings. The van der Waals surface area contributed by atoms with Crippen molar-refractivity contribution in [3.63, 3.8) is 0 Å². The fourth-order valence-corrected chi connectivity index (χ4v) is 2.50. The van der Waals surface area contributed by atoms with Gasteiger partial charge in [0.1, 0.15) is 5.69 Å². The molecular weight excluding hydrogens is 230 g/mol. The molecule has 0 amide bonds. The summed E-state index contributed by atoms with van der Waals surface area (Å²) < 4.78 is 1.73. The Balaban J connectivity index is 2.15. The van der Waals surface area contributed by atoms with E-state index in [-0.39, 0.29) is 10.6 Å².